The highest BCUT2D eigenvalue weighted by molar-refractivity contribution is 7.91. The number of hydrogen-bond acceptors (Lipinski definition) is 7. The third kappa shape index (κ3) is 4.13. The van der Waals surface area contributed by atoms with E-state index in [0.717, 1.165) is 27.8 Å². The van der Waals surface area contributed by atoms with Crippen molar-refractivity contribution in [3.63, 3.8) is 0 Å². The Labute approximate surface area is 190 Å². The van der Waals surface area contributed by atoms with Crippen molar-refractivity contribution in [3.05, 3.63) is 58.1 Å². The average molecular weight is 474 g/mol. The van der Waals surface area contributed by atoms with Gasteiger partial charge in [-0.05, 0) is 37.6 Å². The first-order valence-corrected chi connectivity index (χ1v) is 12.4. The third-order valence-electron chi connectivity index (χ3n) is 5.51. The molecule has 1 saturated heterocycles. The van der Waals surface area contributed by atoms with E-state index in [1.807, 2.05) is 38.1 Å². The van der Waals surface area contributed by atoms with Crippen LogP contribution in [0.1, 0.15) is 32.0 Å². The van der Waals surface area contributed by atoms with Crippen LogP contribution in [0.25, 0.3) is 10.9 Å². The third-order valence-corrected chi connectivity index (χ3v) is 8.82. The van der Waals surface area contributed by atoms with Crippen LogP contribution in [0.4, 0.5) is 0 Å². The fourth-order valence-electron chi connectivity index (χ4n) is 3.70. The largest absolute Gasteiger partial charge is 0.465 e. The predicted octanol–water partition coefficient (Wildman–Crippen LogP) is 2.85. The van der Waals surface area contributed by atoms with Crippen molar-refractivity contribution in [2.75, 3.05) is 33.3 Å². The number of thiophene rings is 1. The molecule has 168 valence electrons. The lowest BCUT2D eigenvalue weighted by Crippen LogP contribution is -2.50. The first-order chi connectivity index (χ1) is 15.2. The van der Waals surface area contributed by atoms with Crippen LogP contribution in [0.5, 0.6) is 0 Å². The van der Waals surface area contributed by atoms with E-state index in [-0.39, 0.29) is 41.9 Å². The van der Waals surface area contributed by atoms with Gasteiger partial charge in [-0.1, -0.05) is 12.1 Å². The molecule has 0 bridgehead atoms. The van der Waals surface area contributed by atoms with Gasteiger partial charge in [-0.2, -0.15) is 4.31 Å². The van der Waals surface area contributed by atoms with Gasteiger partial charge < -0.3 is 9.64 Å². The number of carbonyl (C=O) groups is 2. The number of methoxy groups -OCH3 is 1. The van der Waals surface area contributed by atoms with Crippen molar-refractivity contribution in [2.24, 2.45) is 0 Å². The molecule has 0 atom stereocenters. The summed E-state index contributed by atoms with van der Waals surface area (Å²) in [5.74, 6) is -0.730. The molecule has 10 heteroatoms. The SMILES string of the molecule is COC(=O)c1csc(S(=O)(=O)N2CCN(C(=O)c3cc4ccc(C)cc4nc3C)CC2)c1. The van der Waals surface area contributed by atoms with E-state index in [4.69, 9.17) is 0 Å². The number of rotatable bonds is 4. The lowest BCUT2D eigenvalue weighted by atomic mass is 10.1. The standard InChI is InChI=1S/C22H23N3O5S2/c1-14-4-5-16-11-18(15(2)23-19(16)10-14)21(26)24-6-8-25(9-7-24)32(28,29)20-12-17(13-31-20)22(27)30-3/h4-5,10-13H,6-9H2,1-3H3. The van der Waals surface area contributed by atoms with Crippen molar-refractivity contribution in [1.82, 2.24) is 14.2 Å². The lowest BCUT2D eigenvalue weighted by molar-refractivity contribution is 0.0600. The highest BCUT2D eigenvalue weighted by Crippen LogP contribution is 2.26. The number of carbonyl (C=O) groups excluding carboxylic acids is 2. The summed E-state index contributed by atoms with van der Waals surface area (Å²) in [7, 11) is -2.50. The lowest BCUT2D eigenvalue weighted by Gasteiger charge is -2.34. The average Bonchev–Trinajstić information content (AvgIpc) is 3.29. The summed E-state index contributed by atoms with van der Waals surface area (Å²) in [6, 6.07) is 9.09. The number of hydrogen-bond donors (Lipinski definition) is 0. The van der Waals surface area contributed by atoms with Crippen LogP contribution in [-0.4, -0.2) is 67.8 Å². The molecule has 1 fully saturated rings. The normalized spacial score (nSPS) is 15.2. The van der Waals surface area contributed by atoms with Crippen molar-refractivity contribution < 1.29 is 22.7 Å². The number of aromatic nitrogens is 1. The van der Waals surface area contributed by atoms with Gasteiger partial charge in [0, 0.05) is 36.9 Å². The topological polar surface area (TPSA) is 96.9 Å². The number of benzene rings is 1. The van der Waals surface area contributed by atoms with Crippen molar-refractivity contribution in [3.8, 4) is 0 Å². The second-order valence-corrected chi connectivity index (χ2v) is 10.7. The first-order valence-electron chi connectivity index (χ1n) is 10.0. The molecule has 4 rings (SSSR count). The van der Waals surface area contributed by atoms with Crippen LogP contribution in [0.2, 0.25) is 0 Å². The van der Waals surface area contributed by atoms with Gasteiger partial charge in [0.05, 0.1) is 29.4 Å². The molecule has 0 spiro atoms. The smallest absolute Gasteiger partial charge is 0.338 e. The minimum atomic E-state index is -3.74. The molecular weight excluding hydrogens is 450 g/mol. The number of ether oxygens (including phenoxy) is 1. The molecule has 1 aliphatic rings. The molecule has 2 aromatic heterocycles. The fourth-order valence-corrected chi connectivity index (χ4v) is 6.42. The molecule has 8 nitrogen and oxygen atoms in total. The zero-order valence-electron chi connectivity index (χ0n) is 18.0. The minimum Gasteiger partial charge on any atom is -0.465 e. The highest BCUT2D eigenvalue weighted by atomic mass is 32.2. The molecule has 0 N–H and O–H groups in total. The van der Waals surface area contributed by atoms with E-state index < -0.39 is 16.0 Å². The van der Waals surface area contributed by atoms with Gasteiger partial charge in [0.25, 0.3) is 15.9 Å². The molecule has 3 aromatic rings. The van der Waals surface area contributed by atoms with Gasteiger partial charge >= 0.3 is 5.97 Å². The van der Waals surface area contributed by atoms with Gasteiger partial charge in [0.2, 0.25) is 0 Å². The van der Waals surface area contributed by atoms with Crippen molar-refractivity contribution >= 4 is 44.1 Å². The molecule has 0 aliphatic carbocycles. The minimum absolute atomic E-state index is 0.0857. The Morgan fingerprint density at radius 1 is 1.06 bits per heavy atom. The molecule has 1 aromatic carbocycles. The van der Waals surface area contributed by atoms with Crippen LogP contribution in [0, 0.1) is 13.8 Å². The van der Waals surface area contributed by atoms with Gasteiger partial charge in [-0.15, -0.1) is 11.3 Å². The summed E-state index contributed by atoms with van der Waals surface area (Å²) in [6.07, 6.45) is 0. The summed E-state index contributed by atoms with van der Waals surface area (Å²) in [4.78, 5) is 31.0. The van der Waals surface area contributed by atoms with Crippen LogP contribution in [-0.2, 0) is 14.8 Å². The molecule has 1 aliphatic heterocycles. The van der Waals surface area contributed by atoms with Gasteiger partial charge in [-0.25, -0.2) is 13.2 Å². The quantitative estimate of drug-likeness (QED) is 0.541. The summed E-state index contributed by atoms with van der Waals surface area (Å²) in [6.45, 7) is 4.72. The molecule has 0 saturated carbocycles. The van der Waals surface area contributed by atoms with Crippen LogP contribution < -0.4 is 0 Å². The summed E-state index contributed by atoms with van der Waals surface area (Å²) < 4.78 is 32.0. The molecular formula is C22H23N3O5S2. The number of sulfonamides is 1. The van der Waals surface area contributed by atoms with Crippen LogP contribution in [0.3, 0.4) is 0 Å². The Morgan fingerprint density at radius 3 is 2.47 bits per heavy atom. The van der Waals surface area contributed by atoms with E-state index >= 15 is 0 Å². The number of aryl methyl sites for hydroxylation is 2. The first kappa shape index (κ1) is 22.4. The van der Waals surface area contributed by atoms with Crippen molar-refractivity contribution in [1.29, 1.82) is 0 Å². The van der Waals surface area contributed by atoms with Gasteiger partial charge in [0.1, 0.15) is 4.21 Å². The fraction of sp³-hybridized carbons (Fsp3) is 0.318. The molecule has 1 amide bonds. The van der Waals surface area contributed by atoms with E-state index in [1.165, 1.54) is 22.9 Å². The Morgan fingerprint density at radius 2 is 1.78 bits per heavy atom. The zero-order valence-corrected chi connectivity index (χ0v) is 19.6. The number of amides is 1. The van der Waals surface area contributed by atoms with Crippen LogP contribution >= 0.6 is 11.3 Å². The van der Waals surface area contributed by atoms with Gasteiger partial charge in [0.15, 0.2) is 0 Å². The number of esters is 1. The second-order valence-electron chi connectivity index (χ2n) is 7.66. The maximum absolute atomic E-state index is 13.1. The number of pyridine rings is 1. The van der Waals surface area contributed by atoms with Crippen molar-refractivity contribution in [2.45, 2.75) is 18.1 Å². The maximum atomic E-state index is 13.1. The molecule has 0 radical (unpaired) electrons. The summed E-state index contributed by atoms with van der Waals surface area (Å²) >= 11 is 0.983. The van der Waals surface area contributed by atoms with E-state index in [2.05, 4.69) is 9.72 Å². The Kier molecular flexibility index (Phi) is 6.02. The van der Waals surface area contributed by atoms with Crippen LogP contribution in [0.15, 0.2) is 39.9 Å². The number of fused-ring (bicyclic) bond motifs is 1. The molecule has 0 unspecified atom stereocenters. The van der Waals surface area contributed by atoms with Gasteiger partial charge in [-0.3, -0.25) is 9.78 Å². The summed E-state index contributed by atoms with van der Waals surface area (Å²) in [5.41, 5.74) is 3.33. The molecule has 3 heterocycles. The Bertz CT molecular complexity index is 1310. The second kappa shape index (κ2) is 8.61. The maximum Gasteiger partial charge on any atom is 0.338 e. The zero-order chi connectivity index (χ0) is 23.0. The monoisotopic (exact) mass is 473 g/mol. The Hall–Kier alpha value is -2.82. The number of piperazine rings is 1. The summed E-state index contributed by atoms with van der Waals surface area (Å²) in [5, 5.41) is 2.36. The predicted molar refractivity (Wildman–Crippen MR) is 122 cm³/mol. The van der Waals surface area contributed by atoms with E-state index in [1.54, 1.807) is 4.90 Å². The molecule has 32 heavy (non-hydrogen) atoms. The Balaban J connectivity index is 1.48. The van der Waals surface area contributed by atoms with E-state index in [9.17, 15) is 18.0 Å². The number of nitrogens with zero attached hydrogens (tertiary/aromatic N) is 3. The highest BCUT2D eigenvalue weighted by Gasteiger charge is 2.32. The van der Waals surface area contributed by atoms with E-state index in [0.29, 0.717) is 11.3 Å².